The molecule has 112 valence electrons. The average molecular weight is 302 g/mol. The largest absolute Gasteiger partial charge is 0.358 e. The fraction of sp³-hybridized carbons (Fsp3) is 0.471. The molecule has 0 radical (unpaired) electrons. The lowest BCUT2D eigenvalue weighted by Crippen LogP contribution is -2.38. The fourth-order valence-electron chi connectivity index (χ4n) is 3.46. The third-order valence-corrected chi connectivity index (χ3v) is 5.00. The lowest BCUT2D eigenvalue weighted by Gasteiger charge is -2.32. The number of benzene rings is 1. The molecule has 4 heteroatoms. The first-order chi connectivity index (χ1) is 10.2. The Kier molecular flexibility index (Phi) is 4.24. The van der Waals surface area contributed by atoms with E-state index in [0.29, 0.717) is 11.7 Å². The van der Waals surface area contributed by atoms with Gasteiger partial charge in [0.05, 0.1) is 5.75 Å². The highest BCUT2D eigenvalue weighted by Crippen LogP contribution is 2.35. The first-order valence-electron chi connectivity index (χ1n) is 7.54. The van der Waals surface area contributed by atoms with Crippen molar-refractivity contribution in [2.45, 2.75) is 25.7 Å². The number of nitrogens with zero attached hydrogens (tertiary/aromatic N) is 1. The number of rotatable bonds is 3. The topological polar surface area (TPSA) is 36.1 Å². The van der Waals surface area contributed by atoms with Gasteiger partial charge in [-0.1, -0.05) is 18.2 Å². The second-order valence-corrected chi connectivity index (χ2v) is 6.66. The molecule has 2 heterocycles. The molecule has 1 saturated heterocycles. The Morgan fingerprint density at radius 3 is 2.76 bits per heavy atom. The van der Waals surface area contributed by atoms with E-state index in [-0.39, 0.29) is 5.91 Å². The highest BCUT2D eigenvalue weighted by Gasteiger charge is 2.26. The molecule has 0 spiro atoms. The van der Waals surface area contributed by atoms with E-state index in [2.05, 4.69) is 36.2 Å². The number of hydrogen-bond acceptors (Lipinski definition) is 2. The summed E-state index contributed by atoms with van der Waals surface area (Å²) in [5, 5.41) is 1.35. The van der Waals surface area contributed by atoms with Crippen LogP contribution in [0.3, 0.4) is 0 Å². The van der Waals surface area contributed by atoms with Crippen molar-refractivity contribution in [3.63, 3.8) is 0 Å². The summed E-state index contributed by atoms with van der Waals surface area (Å²) in [7, 11) is 0. The maximum absolute atomic E-state index is 12.0. The zero-order chi connectivity index (χ0) is 14.8. The molecule has 0 atom stereocenters. The summed E-state index contributed by atoms with van der Waals surface area (Å²) < 4.78 is 0. The molecular weight excluding hydrogens is 280 g/mol. The van der Waals surface area contributed by atoms with E-state index in [1.807, 2.05) is 11.2 Å². The predicted molar refractivity (Wildman–Crippen MR) is 90.0 cm³/mol. The van der Waals surface area contributed by atoms with E-state index in [1.54, 1.807) is 11.8 Å². The van der Waals surface area contributed by atoms with E-state index in [4.69, 9.17) is 0 Å². The number of carbonyl (C=O) groups is 1. The molecule has 1 aliphatic heterocycles. The third kappa shape index (κ3) is 2.82. The van der Waals surface area contributed by atoms with Crippen LogP contribution in [0.25, 0.3) is 10.9 Å². The van der Waals surface area contributed by atoms with Crippen LogP contribution in [0.2, 0.25) is 0 Å². The normalized spacial score (nSPS) is 16.6. The van der Waals surface area contributed by atoms with Gasteiger partial charge in [0, 0.05) is 29.7 Å². The van der Waals surface area contributed by atoms with E-state index >= 15 is 0 Å². The summed E-state index contributed by atoms with van der Waals surface area (Å²) in [6.45, 7) is 3.95. The Balaban J connectivity index is 1.77. The number of nitrogens with one attached hydrogen (secondary N) is 1. The van der Waals surface area contributed by atoms with Gasteiger partial charge in [0.25, 0.3) is 0 Å². The highest BCUT2D eigenvalue weighted by molar-refractivity contribution is 7.99. The predicted octanol–water partition coefficient (Wildman–Crippen LogP) is 3.55. The van der Waals surface area contributed by atoms with Gasteiger partial charge in [-0.25, -0.2) is 0 Å². The minimum atomic E-state index is 0.289. The van der Waals surface area contributed by atoms with Crippen molar-refractivity contribution in [2.75, 3.05) is 25.1 Å². The summed E-state index contributed by atoms with van der Waals surface area (Å²) in [5.41, 5.74) is 3.97. The zero-order valence-electron chi connectivity index (χ0n) is 12.7. The molecule has 1 fully saturated rings. The van der Waals surface area contributed by atoms with Crippen LogP contribution in [0.5, 0.6) is 0 Å². The van der Waals surface area contributed by atoms with Crippen molar-refractivity contribution in [3.8, 4) is 0 Å². The van der Waals surface area contributed by atoms with Crippen LogP contribution in [-0.4, -0.2) is 40.9 Å². The minimum absolute atomic E-state index is 0.289. The molecule has 0 bridgehead atoms. The first kappa shape index (κ1) is 14.5. The van der Waals surface area contributed by atoms with E-state index < -0.39 is 0 Å². The standard InChI is InChI=1S/C17H22N2OS/c1-12-17(14-5-3-4-6-15(14)18-12)13-7-9-19(10-8-13)16(20)11-21-2/h3-6,13,18H,7-11H2,1-2H3. The zero-order valence-corrected chi connectivity index (χ0v) is 13.5. The second kappa shape index (κ2) is 6.14. The van der Waals surface area contributed by atoms with Crippen LogP contribution in [0.4, 0.5) is 0 Å². The number of aromatic nitrogens is 1. The van der Waals surface area contributed by atoms with Crippen molar-refractivity contribution in [3.05, 3.63) is 35.5 Å². The molecule has 21 heavy (non-hydrogen) atoms. The molecule has 3 rings (SSSR count). The molecule has 0 unspecified atom stereocenters. The molecule has 1 aliphatic rings. The number of piperidine rings is 1. The monoisotopic (exact) mass is 302 g/mol. The van der Waals surface area contributed by atoms with Crippen molar-refractivity contribution >= 4 is 28.6 Å². The van der Waals surface area contributed by atoms with Crippen LogP contribution in [0, 0.1) is 6.92 Å². The number of para-hydroxylation sites is 1. The smallest absolute Gasteiger partial charge is 0.232 e. The Morgan fingerprint density at radius 2 is 2.05 bits per heavy atom. The van der Waals surface area contributed by atoms with Gasteiger partial charge in [-0.05, 0) is 43.6 Å². The van der Waals surface area contributed by atoms with Crippen LogP contribution < -0.4 is 0 Å². The number of aryl methyl sites for hydroxylation is 1. The first-order valence-corrected chi connectivity index (χ1v) is 8.94. The maximum atomic E-state index is 12.0. The fourth-order valence-corrected chi connectivity index (χ4v) is 3.89. The van der Waals surface area contributed by atoms with Crippen LogP contribution >= 0.6 is 11.8 Å². The Morgan fingerprint density at radius 1 is 1.33 bits per heavy atom. The summed E-state index contributed by atoms with van der Waals surface area (Å²) >= 11 is 1.61. The van der Waals surface area contributed by atoms with Crippen LogP contribution in [0.1, 0.15) is 30.0 Å². The van der Waals surface area contributed by atoms with Gasteiger partial charge >= 0.3 is 0 Å². The second-order valence-electron chi connectivity index (χ2n) is 5.80. The SMILES string of the molecule is CSCC(=O)N1CCC(c2c(C)[nH]c3ccccc23)CC1. The number of hydrogen-bond donors (Lipinski definition) is 1. The quantitative estimate of drug-likeness (QED) is 0.941. The molecule has 1 aromatic heterocycles. The summed E-state index contributed by atoms with van der Waals surface area (Å²) in [4.78, 5) is 17.5. The molecule has 2 aromatic rings. The van der Waals surface area contributed by atoms with E-state index in [0.717, 1.165) is 25.9 Å². The number of carbonyl (C=O) groups excluding carboxylic acids is 1. The van der Waals surface area contributed by atoms with Crippen molar-refractivity contribution in [2.24, 2.45) is 0 Å². The summed E-state index contributed by atoms with van der Waals surface area (Å²) in [6.07, 6.45) is 4.13. The van der Waals surface area contributed by atoms with Gasteiger partial charge in [0.15, 0.2) is 0 Å². The Labute approximate surface area is 130 Å². The molecule has 0 aliphatic carbocycles. The third-order valence-electron chi connectivity index (χ3n) is 4.47. The van der Waals surface area contributed by atoms with Crippen molar-refractivity contribution in [1.82, 2.24) is 9.88 Å². The Bertz CT molecular complexity index is 641. The number of amides is 1. The Hall–Kier alpha value is -1.42. The number of aromatic amines is 1. The van der Waals surface area contributed by atoms with Crippen molar-refractivity contribution < 1.29 is 4.79 Å². The number of likely N-dealkylation sites (tertiary alicyclic amines) is 1. The molecule has 1 amide bonds. The molecule has 1 N–H and O–H groups in total. The van der Waals surface area contributed by atoms with Crippen molar-refractivity contribution in [1.29, 1.82) is 0 Å². The number of H-pyrrole nitrogens is 1. The van der Waals surface area contributed by atoms with E-state index in [1.165, 1.54) is 22.2 Å². The number of thioether (sulfide) groups is 1. The maximum Gasteiger partial charge on any atom is 0.232 e. The van der Waals surface area contributed by atoms with Crippen LogP contribution in [0.15, 0.2) is 24.3 Å². The van der Waals surface area contributed by atoms with Crippen LogP contribution in [-0.2, 0) is 4.79 Å². The summed E-state index contributed by atoms with van der Waals surface area (Å²) in [5.74, 6) is 1.47. The molecule has 1 aromatic carbocycles. The highest BCUT2D eigenvalue weighted by atomic mass is 32.2. The van der Waals surface area contributed by atoms with Gasteiger partial charge in [0.1, 0.15) is 0 Å². The van der Waals surface area contributed by atoms with Gasteiger partial charge < -0.3 is 9.88 Å². The lowest BCUT2D eigenvalue weighted by molar-refractivity contribution is -0.129. The van der Waals surface area contributed by atoms with Gasteiger partial charge in [0.2, 0.25) is 5.91 Å². The summed E-state index contributed by atoms with van der Waals surface area (Å²) in [6, 6.07) is 8.53. The molecular formula is C17H22N2OS. The van der Waals surface area contributed by atoms with Gasteiger partial charge in [-0.3, -0.25) is 4.79 Å². The average Bonchev–Trinajstić information content (AvgIpc) is 2.83. The van der Waals surface area contributed by atoms with Gasteiger partial charge in [-0.2, -0.15) is 11.8 Å². The number of fused-ring (bicyclic) bond motifs is 1. The van der Waals surface area contributed by atoms with Gasteiger partial charge in [-0.15, -0.1) is 0 Å². The van der Waals surface area contributed by atoms with E-state index in [9.17, 15) is 4.79 Å². The minimum Gasteiger partial charge on any atom is -0.358 e. The molecule has 3 nitrogen and oxygen atoms in total. The molecule has 0 saturated carbocycles. The lowest BCUT2D eigenvalue weighted by atomic mass is 9.87.